The second-order valence-electron chi connectivity index (χ2n) is 4.46. The number of nitrogens with zero attached hydrogens (tertiary/aromatic N) is 3. The van der Waals surface area contributed by atoms with E-state index < -0.39 is 0 Å². The van der Waals surface area contributed by atoms with Crippen molar-refractivity contribution in [3.63, 3.8) is 0 Å². The molecule has 0 aliphatic carbocycles. The van der Waals surface area contributed by atoms with Gasteiger partial charge in [0.05, 0.1) is 6.54 Å². The first-order valence-electron chi connectivity index (χ1n) is 6.65. The van der Waals surface area contributed by atoms with Gasteiger partial charge in [-0.05, 0) is 24.1 Å². The molecule has 0 spiro atoms. The van der Waals surface area contributed by atoms with Crippen LogP contribution in [-0.2, 0) is 13.0 Å². The highest BCUT2D eigenvalue weighted by Gasteiger charge is 2.03. The molecule has 0 fully saturated rings. The maximum absolute atomic E-state index is 12.8. The highest BCUT2D eigenvalue weighted by Crippen LogP contribution is 2.02. The Morgan fingerprint density at radius 1 is 1.29 bits per heavy atom. The first kappa shape index (κ1) is 15.0. The van der Waals surface area contributed by atoms with Gasteiger partial charge in [0, 0.05) is 20.5 Å². The van der Waals surface area contributed by atoms with E-state index in [0.717, 1.165) is 12.0 Å². The number of guanidine groups is 1. The molecule has 1 heterocycles. The summed E-state index contributed by atoms with van der Waals surface area (Å²) in [6, 6.07) is 6.46. The molecular formula is C14H18FN5O. The average molecular weight is 291 g/mol. The van der Waals surface area contributed by atoms with Crippen molar-refractivity contribution in [1.29, 1.82) is 0 Å². The minimum atomic E-state index is -0.223. The molecule has 0 aliphatic heterocycles. The van der Waals surface area contributed by atoms with Gasteiger partial charge in [-0.3, -0.25) is 4.99 Å². The predicted molar refractivity (Wildman–Crippen MR) is 77.3 cm³/mol. The molecule has 21 heavy (non-hydrogen) atoms. The van der Waals surface area contributed by atoms with Gasteiger partial charge in [0.25, 0.3) is 0 Å². The summed E-state index contributed by atoms with van der Waals surface area (Å²) in [5.41, 5.74) is 1.06. The maximum atomic E-state index is 12.8. The second kappa shape index (κ2) is 7.37. The van der Waals surface area contributed by atoms with Crippen LogP contribution in [0.5, 0.6) is 0 Å². The van der Waals surface area contributed by atoms with Crippen molar-refractivity contribution in [2.75, 3.05) is 13.6 Å². The SMILES string of the molecule is CN=C(NCCc1ccc(F)cc1)NCc1noc(C)n1. The van der Waals surface area contributed by atoms with Crippen molar-refractivity contribution >= 4 is 5.96 Å². The molecule has 0 saturated carbocycles. The Hall–Kier alpha value is -2.44. The van der Waals surface area contributed by atoms with E-state index in [4.69, 9.17) is 4.52 Å². The molecule has 6 nitrogen and oxygen atoms in total. The zero-order valence-electron chi connectivity index (χ0n) is 12.1. The Kier molecular flexibility index (Phi) is 5.25. The molecule has 7 heteroatoms. The smallest absolute Gasteiger partial charge is 0.223 e. The molecule has 112 valence electrons. The first-order chi connectivity index (χ1) is 10.2. The van der Waals surface area contributed by atoms with Gasteiger partial charge in [0.15, 0.2) is 11.8 Å². The summed E-state index contributed by atoms with van der Waals surface area (Å²) in [5.74, 6) is 1.54. The lowest BCUT2D eigenvalue weighted by molar-refractivity contribution is 0.387. The van der Waals surface area contributed by atoms with E-state index in [0.29, 0.717) is 30.8 Å². The summed E-state index contributed by atoms with van der Waals surface area (Å²) >= 11 is 0. The minimum absolute atomic E-state index is 0.223. The largest absolute Gasteiger partial charge is 0.356 e. The number of hydrogen-bond acceptors (Lipinski definition) is 4. The van der Waals surface area contributed by atoms with E-state index >= 15 is 0 Å². The number of halogens is 1. The summed E-state index contributed by atoms with van der Waals surface area (Å²) in [5, 5.41) is 10.0. The fourth-order valence-electron chi connectivity index (χ4n) is 1.77. The van der Waals surface area contributed by atoms with Crippen molar-refractivity contribution < 1.29 is 8.91 Å². The number of aryl methyl sites for hydroxylation is 1. The van der Waals surface area contributed by atoms with Crippen LogP contribution in [-0.4, -0.2) is 29.7 Å². The van der Waals surface area contributed by atoms with Gasteiger partial charge in [0.1, 0.15) is 5.82 Å². The molecule has 0 amide bonds. The van der Waals surface area contributed by atoms with Crippen molar-refractivity contribution in [3.05, 3.63) is 47.4 Å². The molecule has 2 rings (SSSR count). The zero-order chi connectivity index (χ0) is 15.1. The van der Waals surface area contributed by atoms with E-state index in [9.17, 15) is 4.39 Å². The lowest BCUT2D eigenvalue weighted by Gasteiger charge is -2.10. The Balaban J connectivity index is 1.74. The van der Waals surface area contributed by atoms with E-state index in [1.807, 2.05) is 0 Å². The third-order valence-corrected chi connectivity index (χ3v) is 2.83. The molecular weight excluding hydrogens is 273 g/mol. The molecule has 0 radical (unpaired) electrons. The van der Waals surface area contributed by atoms with Crippen LogP contribution in [0.4, 0.5) is 4.39 Å². The molecule has 1 aromatic heterocycles. The van der Waals surface area contributed by atoms with E-state index in [1.165, 1.54) is 12.1 Å². The first-order valence-corrected chi connectivity index (χ1v) is 6.65. The lowest BCUT2D eigenvalue weighted by Crippen LogP contribution is -2.38. The number of aromatic nitrogens is 2. The standard InChI is InChI=1S/C14H18FN5O/c1-10-19-13(20-21-10)9-18-14(16-2)17-8-7-11-3-5-12(15)6-4-11/h3-6H,7-9H2,1-2H3,(H2,16,17,18). The Morgan fingerprint density at radius 2 is 2.05 bits per heavy atom. The van der Waals surface area contributed by atoms with Crippen LogP contribution in [0.25, 0.3) is 0 Å². The fourth-order valence-corrected chi connectivity index (χ4v) is 1.77. The third kappa shape index (κ3) is 4.87. The van der Waals surface area contributed by atoms with E-state index in [1.54, 1.807) is 26.1 Å². The molecule has 2 aromatic rings. The van der Waals surface area contributed by atoms with Crippen molar-refractivity contribution in [1.82, 2.24) is 20.8 Å². The van der Waals surface area contributed by atoms with Gasteiger partial charge < -0.3 is 15.2 Å². The Labute approximate surface area is 122 Å². The summed E-state index contributed by atoms with van der Waals surface area (Å²) < 4.78 is 17.7. The number of aliphatic imine (C=N–C) groups is 1. The Bertz CT molecular complexity index is 594. The molecule has 1 aromatic carbocycles. The van der Waals surface area contributed by atoms with Crippen LogP contribution >= 0.6 is 0 Å². The van der Waals surface area contributed by atoms with Gasteiger partial charge in [0.2, 0.25) is 5.89 Å². The second-order valence-corrected chi connectivity index (χ2v) is 4.46. The van der Waals surface area contributed by atoms with Crippen LogP contribution in [0.3, 0.4) is 0 Å². The number of benzene rings is 1. The topological polar surface area (TPSA) is 75.3 Å². The number of hydrogen-bond donors (Lipinski definition) is 2. The van der Waals surface area contributed by atoms with Gasteiger partial charge in [-0.15, -0.1) is 0 Å². The molecule has 0 atom stereocenters. The summed E-state index contributed by atoms with van der Waals surface area (Å²) in [6.45, 7) is 2.87. The minimum Gasteiger partial charge on any atom is -0.356 e. The van der Waals surface area contributed by atoms with E-state index in [2.05, 4.69) is 25.8 Å². The quantitative estimate of drug-likeness (QED) is 0.644. The van der Waals surface area contributed by atoms with Crippen molar-refractivity contribution in [2.45, 2.75) is 19.9 Å². The van der Waals surface area contributed by atoms with Crippen LogP contribution < -0.4 is 10.6 Å². The third-order valence-electron chi connectivity index (χ3n) is 2.83. The monoisotopic (exact) mass is 291 g/mol. The maximum Gasteiger partial charge on any atom is 0.223 e. The Morgan fingerprint density at radius 3 is 2.67 bits per heavy atom. The van der Waals surface area contributed by atoms with Crippen LogP contribution in [0, 0.1) is 12.7 Å². The van der Waals surface area contributed by atoms with Gasteiger partial charge in [-0.2, -0.15) is 4.98 Å². The van der Waals surface area contributed by atoms with Crippen molar-refractivity contribution in [2.24, 2.45) is 4.99 Å². The van der Waals surface area contributed by atoms with Crippen LogP contribution in [0.2, 0.25) is 0 Å². The van der Waals surface area contributed by atoms with Gasteiger partial charge >= 0.3 is 0 Å². The lowest BCUT2D eigenvalue weighted by atomic mass is 10.1. The normalized spacial score (nSPS) is 11.5. The highest BCUT2D eigenvalue weighted by atomic mass is 19.1. The predicted octanol–water partition coefficient (Wildman–Crippen LogP) is 1.42. The van der Waals surface area contributed by atoms with E-state index in [-0.39, 0.29) is 5.82 Å². The molecule has 0 saturated heterocycles. The summed E-state index contributed by atoms with van der Waals surface area (Å²) in [4.78, 5) is 8.20. The molecule has 0 unspecified atom stereocenters. The summed E-state index contributed by atoms with van der Waals surface area (Å²) in [6.07, 6.45) is 0.780. The summed E-state index contributed by atoms with van der Waals surface area (Å²) in [7, 11) is 1.69. The van der Waals surface area contributed by atoms with Crippen LogP contribution in [0.15, 0.2) is 33.8 Å². The zero-order valence-corrected chi connectivity index (χ0v) is 12.1. The van der Waals surface area contributed by atoms with Crippen LogP contribution in [0.1, 0.15) is 17.3 Å². The van der Waals surface area contributed by atoms with Gasteiger partial charge in [-0.1, -0.05) is 17.3 Å². The average Bonchev–Trinajstić information content (AvgIpc) is 2.90. The fraction of sp³-hybridized carbons (Fsp3) is 0.357. The molecule has 2 N–H and O–H groups in total. The van der Waals surface area contributed by atoms with Gasteiger partial charge in [-0.25, -0.2) is 4.39 Å². The number of rotatable bonds is 5. The molecule has 0 aliphatic rings. The molecule has 0 bridgehead atoms. The number of nitrogens with one attached hydrogen (secondary N) is 2. The van der Waals surface area contributed by atoms with Crippen molar-refractivity contribution in [3.8, 4) is 0 Å². The highest BCUT2D eigenvalue weighted by molar-refractivity contribution is 5.79.